The molecule has 0 spiro atoms. The van der Waals surface area contributed by atoms with Gasteiger partial charge in [-0.05, 0) is 17.7 Å². The van der Waals surface area contributed by atoms with Gasteiger partial charge in [0.2, 0.25) is 0 Å². The summed E-state index contributed by atoms with van der Waals surface area (Å²) in [6.45, 7) is -3.19. The first-order valence-electron chi connectivity index (χ1n) is 4.04. The first-order valence-corrected chi connectivity index (χ1v) is 4.42. The highest BCUT2D eigenvalue weighted by molar-refractivity contribution is 6.31. The smallest absolute Gasteiger partial charge is 0.387 e. The van der Waals surface area contributed by atoms with Crippen LogP contribution in [0.4, 0.5) is 13.2 Å². The minimum atomic E-state index is -3.19. The van der Waals surface area contributed by atoms with Gasteiger partial charge in [0, 0.05) is 5.02 Å². The van der Waals surface area contributed by atoms with Crippen LogP contribution in [-0.4, -0.2) is 17.7 Å². The SMILES string of the molecule is O=C(O)Cc1cc(OC(F)F)c(F)cc1Cl. The predicted molar refractivity (Wildman–Crippen MR) is 49.4 cm³/mol. The standard InChI is InChI=1S/C9H6ClF3O3/c10-5-3-6(11)7(16-9(12)13)1-4(5)2-8(14)15/h1,3,9H,2H2,(H,14,15). The average molecular weight is 255 g/mol. The van der Waals surface area contributed by atoms with Crippen LogP contribution in [0.3, 0.4) is 0 Å². The number of ether oxygens (including phenoxy) is 1. The summed E-state index contributed by atoms with van der Waals surface area (Å²) in [6.07, 6.45) is -0.501. The lowest BCUT2D eigenvalue weighted by Crippen LogP contribution is -2.06. The number of aliphatic carboxylic acids is 1. The lowest BCUT2D eigenvalue weighted by molar-refractivity contribution is -0.136. The van der Waals surface area contributed by atoms with E-state index < -0.39 is 30.6 Å². The predicted octanol–water partition coefficient (Wildman–Crippen LogP) is 2.71. The van der Waals surface area contributed by atoms with Crippen molar-refractivity contribution < 1.29 is 27.8 Å². The molecule has 0 aliphatic carbocycles. The van der Waals surface area contributed by atoms with Gasteiger partial charge in [0.1, 0.15) is 0 Å². The zero-order valence-electron chi connectivity index (χ0n) is 7.71. The summed E-state index contributed by atoms with van der Waals surface area (Å²) < 4.78 is 40.6. The monoisotopic (exact) mass is 254 g/mol. The van der Waals surface area contributed by atoms with Gasteiger partial charge in [-0.15, -0.1) is 0 Å². The summed E-state index contributed by atoms with van der Waals surface area (Å²) in [5.41, 5.74) is 0.00576. The Hall–Kier alpha value is -1.43. The summed E-state index contributed by atoms with van der Waals surface area (Å²) in [6, 6.07) is 1.58. The molecule has 0 amide bonds. The molecule has 1 aromatic rings. The van der Waals surface area contributed by atoms with Crippen molar-refractivity contribution in [1.29, 1.82) is 0 Å². The second kappa shape index (κ2) is 5.07. The number of carbonyl (C=O) groups is 1. The molecule has 88 valence electrons. The van der Waals surface area contributed by atoms with Crippen LogP contribution in [0.1, 0.15) is 5.56 Å². The van der Waals surface area contributed by atoms with E-state index in [2.05, 4.69) is 4.74 Å². The second-order valence-electron chi connectivity index (χ2n) is 2.82. The zero-order valence-corrected chi connectivity index (χ0v) is 8.47. The molecule has 0 aliphatic heterocycles. The van der Waals surface area contributed by atoms with Crippen LogP contribution in [0, 0.1) is 5.82 Å². The van der Waals surface area contributed by atoms with Crippen molar-refractivity contribution in [1.82, 2.24) is 0 Å². The van der Waals surface area contributed by atoms with Crippen LogP contribution < -0.4 is 4.74 Å². The molecule has 0 fully saturated rings. The normalized spacial score (nSPS) is 10.6. The van der Waals surface area contributed by atoms with E-state index in [0.29, 0.717) is 0 Å². The van der Waals surface area contributed by atoms with Gasteiger partial charge in [-0.3, -0.25) is 4.79 Å². The van der Waals surface area contributed by atoms with E-state index >= 15 is 0 Å². The highest BCUT2D eigenvalue weighted by atomic mass is 35.5. The number of alkyl halides is 2. The largest absolute Gasteiger partial charge is 0.481 e. The molecule has 1 aromatic carbocycles. The molecule has 0 saturated heterocycles. The molecule has 1 N–H and O–H groups in total. The van der Waals surface area contributed by atoms with E-state index in [1.54, 1.807) is 0 Å². The van der Waals surface area contributed by atoms with Crippen LogP contribution in [0.15, 0.2) is 12.1 Å². The summed E-state index contributed by atoms with van der Waals surface area (Å²) in [4.78, 5) is 10.4. The van der Waals surface area contributed by atoms with Gasteiger partial charge in [0.15, 0.2) is 11.6 Å². The van der Waals surface area contributed by atoms with Crippen molar-refractivity contribution in [2.45, 2.75) is 13.0 Å². The molecule has 0 aromatic heterocycles. The number of carboxylic acid groups (broad SMARTS) is 1. The minimum absolute atomic E-state index is 0.00576. The Kier molecular flexibility index (Phi) is 4.00. The molecule has 3 nitrogen and oxygen atoms in total. The molecule has 1 rings (SSSR count). The van der Waals surface area contributed by atoms with Gasteiger partial charge in [-0.2, -0.15) is 8.78 Å². The fourth-order valence-corrected chi connectivity index (χ4v) is 1.27. The molecule has 0 aliphatic rings. The molecule has 0 saturated carbocycles. The van der Waals surface area contributed by atoms with Gasteiger partial charge in [0.05, 0.1) is 6.42 Å². The maximum absolute atomic E-state index is 13.0. The lowest BCUT2D eigenvalue weighted by atomic mass is 10.1. The highest BCUT2D eigenvalue weighted by Gasteiger charge is 2.15. The van der Waals surface area contributed by atoms with Crippen molar-refractivity contribution >= 4 is 17.6 Å². The molecule has 0 unspecified atom stereocenters. The number of rotatable bonds is 4. The van der Waals surface area contributed by atoms with Crippen molar-refractivity contribution in [2.24, 2.45) is 0 Å². The van der Waals surface area contributed by atoms with E-state index in [9.17, 15) is 18.0 Å². The fraction of sp³-hybridized carbons (Fsp3) is 0.222. The summed E-state index contributed by atoms with van der Waals surface area (Å²) in [5, 5.41) is 8.34. The van der Waals surface area contributed by atoms with E-state index in [1.165, 1.54) is 0 Å². The summed E-state index contributed by atoms with van der Waals surface area (Å²) in [5.74, 6) is -3.01. The van der Waals surface area contributed by atoms with Gasteiger partial charge in [-0.1, -0.05) is 11.6 Å². The molecule has 0 atom stereocenters. The Balaban J connectivity index is 3.05. The second-order valence-corrected chi connectivity index (χ2v) is 3.23. The number of carboxylic acids is 1. The summed E-state index contributed by atoms with van der Waals surface area (Å²) in [7, 11) is 0. The van der Waals surface area contributed by atoms with E-state index in [0.717, 1.165) is 12.1 Å². The molecular weight excluding hydrogens is 249 g/mol. The Morgan fingerprint density at radius 2 is 2.12 bits per heavy atom. The zero-order chi connectivity index (χ0) is 12.3. The Bertz CT molecular complexity index is 409. The molecule has 7 heteroatoms. The Morgan fingerprint density at radius 3 is 2.62 bits per heavy atom. The highest BCUT2D eigenvalue weighted by Crippen LogP contribution is 2.27. The van der Waals surface area contributed by atoms with Gasteiger partial charge in [0.25, 0.3) is 0 Å². The Labute approximate surface area is 93.4 Å². The third kappa shape index (κ3) is 3.30. The fourth-order valence-electron chi connectivity index (χ4n) is 1.06. The third-order valence-electron chi connectivity index (χ3n) is 1.66. The summed E-state index contributed by atoms with van der Waals surface area (Å²) >= 11 is 5.54. The minimum Gasteiger partial charge on any atom is -0.481 e. The molecule has 0 radical (unpaired) electrons. The third-order valence-corrected chi connectivity index (χ3v) is 2.01. The van der Waals surface area contributed by atoms with Crippen molar-refractivity contribution in [3.05, 3.63) is 28.5 Å². The number of benzene rings is 1. The van der Waals surface area contributed by atoms with Gasteiger partial charge >= 0.3 is 12.6 Å². The molecule has 0 bridgehead atoms. The average Bonchev–Trinajstić information content (AvgIpc) is 2.11. The quantitative estimate of drug-likeness (QED) is 0.899. The van der Waals surface area contributed by atoms with Gasteiger partial charge in [-0.25, -0.2) is 4.39 Å². The van der Waals surface area contributed by atoms with Gasteiger partial charge < -0.3 is 9.84 Å². The number of hydrogen-bond donors (Lipinski definition) is 1. The Morgan fingerprint density at radius 1 is 1.50 bits per heavy atom. The maximum atomic E-state index is 13.0. The van der Waals surface area contributed by atoms with Crippen molar-refractivity contribution in [3.8, 4) is 5.75 Å². The van der Waals surface area contributed by atoms with Crippen LogP contribution in [0.2, 0.25) is 5.02 Å². The molecule has 16 heavy (non-hydrogen) atoms. The first-order chi connectivity index (χ1) is 7.40. The first kappa shape index (κ1) is 12.6. The van der Waals surface area contributed by atoms with Crippen molar-refractivity contribution in [3.63, 3.8) is 0 Å². The van der Waals surface area contributed by atoms with Crippen LogP contribution in [-0.2, 0) is 11.2 Å². The lowest BCUT2D eigenvalue weighted by Gasteiger charge is -2.08. The van der Waals surface area contributed by atoms with Crippen LogP contribution in [0.25, 0.3) is 0 Å². The van der Waals surface area contributed by atoms with Crippen LogP contribution >= 0.6 is 11.6 Å². The number of halogens is 4. The van der Waals surface area contributed by atoms with E-state index in [1.807, 2.05) is 0 Å². The van der Waals surface area contributed by atoms with Crippen molar-refractivity contribution in [2.75, 3.05) is 0 Å². The molecular formula is C9H6ClF3O3. The van der Waals surface area contributed by atoms with E-state index in [4.69, 9.17) is 16.7 Å². The van der Waals surface area contributed by atoms with E-state index in [-0.39, 0.29) is 10.6 Å². The molecule has 0 heterocycles. The van der Waals surface area contributed by atoms with Crippen LogP contribution in [0.5, 0.6) is 5.75 Å². The topological polar surface area (TPSA) is 46.5 Å². The number of hydrogen-bond acceptors (Lipinski definition) is 2. The maximum Gasteiger partial charge on any atom is 0.387 e.